The molecule has 92 valence electrons. The van der Waals surface area contributed by atoms with E-state index in [9.17, 15) is 0 Å². The number of rotatable bonds is 4. The molecule has 2 aromatic rings. The van der Waals surface area contributed by atoms with Crippen LogP contribution < -0.4 is 5.73 Å². The molecule has 0 fully saturated rings. The largest absolute Gasteiger partial charge is 0.330 e. The summed E-state index contributed by atoms with van der Waals surface area (Å²) in [6, 6.07) is 4.18. The molecule has 0 aliphatic heterocycles. The van der Waals surface area contributed by atoms with Crippen molar-refractivity contribution in [3.05, 3.63) is 26.5 Å². The second-order valence-corrected chi connectivity index (χ2v) is 7.72. The average molecular weight is 331 g/mol. The van der Waals surface area contributed by atoms with Crippen LogP contribution in [0.2, 0.25) is 0 Å². The second kappa shape index (κ2) is 5.61. The van der Waals surface area contributed by atoms with Gasteiger partial charge < -0.3 is 5.73 Å². The summed E-state index contributed by atoms with van der Waals surface area (Å²) >= 11 is 7.01. The number of nitrogens with two attached hydrogens (primary N) is 1. The quantitative estimate of drug-likeness (QED) is 0.917. The fraction of sp³-hybridized carbons (Fsp3) is 0.417. The van der Waals surface area contributed by atoms with E-state index < -0.39 is 0 Å². The van der Waals surface area contributed by atoms with Crippen LogP contribution >= 0.6 is 38.6 Å². The molecular weight excluding hydrogens is 316 g/mol. The fourth-order valence-corrected chi connectivity index (χ4v) is 4.22. The maximum absolute atomic E-state index is 5.67. The van der Waals surface area contributed by atoms with Crippen LogP contribution in [-0.4, -0.2) is 11.5 Å². The summed E-state index contributed by atoms with van der Waals surface area (Å²) in [5.74, 6) is 0.525. The third kappa shape index (κ3) is 3.16. The zero-order valence-corrected chi connectivity index (χ0v) is 13.1. The number of nitrogens with zero attached hydrogens (tertiary/aromatic N) is 1. The molecule has 2 nitrogen and oxygen atoms in total. The number of aromatic nitrogens is 1. The highest BCUT2D eigenvalue weighted by Crippen LogP contribution is 2.35. The second-order valence-electron chi connectivity index (χ2n) is 4.18. The smallest absolute Gasteiger partial charge is 0.133 e. The van der Waals surface area contributed by atoms with Crippen molar-refractivity contribution in [3.8, 4) is 9.88 Å². The van der Waals surface area contributed by atoms with E-state index in [0.717, 1.165) is 27.5 Å². The van der Waals surface area contributed by atoms with E-state index in [4.69, 9.17) is 5.73 Å². The van der Waals surface area contributed by atoms with E-state index in [0.29, 0.717) is 5.92 Å². The van der Waals surface area contributed by atoms with Crippen molar-refractivity contribution >= 4 is 38.6 Å². The number of hydrogen-bond acceptors (Lipinski definition) is 4. The van der Waals surface area contributed by atoms with Gasteiger partial charge in [-0.3, -0.25) is 0 Å². The summed E-state index contributed by atoms with van der Waals surface area (Å²) in [6.07, 6.45) is 1.03. The van der Waals surface area contributed by atoms with Crippen molar-refractivity contribution in [1.29, 1.82) is 0 Å². The number of thiophene rings is 1. The van der Waals surface area contributed by atoms with Crippen molar-refractivity contribution in [2.45, 2.75) is 20.3 Å². The number of hydrogen-bond donors (Lipinski definition) is 1. The molecule has 0 bridgehead atoms. The van der Waals surface area contributed by atoms with Gasteiger partial charge in [0.1, 0.15) is 5.01 Å². The van der Waals surface area contributed by atoms with Gasteiger partial charge in [0.2, 0.25) is 0 Å². The lowest BCUT2D eigenvalue weighted by Gasteiger charge is -2.05. The van der Waals surface area contributed by atoms with Gasteiger partial charge in [0.15, 0.2) is 0 Å². The van der Waals surface area contributed by atoms with Crippen LogP contribution in [0.4, 0.5) is 0 Å². The van der Waals surface area contributed by atoms with Crippen molar-refractivity contribution in [1.82, 2.24) is 4.98 Å². The van der Waals surface area contributed by atoms with Gasteiger partial charge >= 0.3 is 0 Å². The molecule has 2 aromatic heterocycles. The third-order valence-corrected chi connectivity index (χ3v) is 5.59. The van der Waals surface area contributed by atoms with Crippen LogP contribution in [0.15, 0.2) is 15.9 Å². The Balaban J connectivity index is 2.24. The number of halogens is 1. The van der Waals surface area contributed by atoms with E-state index >= 15 is 0 Å². The van der Waals surface area contributed by atoms with Crippen LogP contribution in [0.3, 0.4) is 0 Å². The maximum Gasteiger partial charge on any atom is 0.133 e. The molecule has 0 radical (unpaired) electrons. The molecule has 0 spiro atoms. The van der Waals surface area contributed by atoms with Gasteiger partial charge in [0.25, 0.3) is 0 Å². The summed E-state index contributed by atoms with van der Waals surface area (Å²) in [4.78, 5) is 7.25. The SMILES string of the molecule is Cc1nc(-c2ccc(Br)s2)sc1CC(C)CN. The van der Waals surface area contributed by atoms with Crippen molar-refractivity contribution < 1.29 is 0 Å². The molecule has 0 saturated heterocycles. The molecule has 1 unspecified atom stereocenters. The van der Waals surface area contributed by atoms with Crippen LogP contribution in [0, 0.1) is 12.8 Å². The molecule has 5 heteroatoms. The monoisotopic (exact) mass is 330 g/mol. The minimum atomic E-state index is 0.525. The van der Waals surface area contributed by atoms with E-state index in [2.05, 4.69) is 46.9 Å². The predicted octanol–water partition coefficient (Wildman–Crippen LogP) is 4.08. The zero-order valence-electron chi connectivity index (χ0n) is 9.87. The molecule has 0 amide bonds. The Morgan fingerprint density at radius 1 is 1.41 bits per heavy atom. The summed E-state index contributed by atoms with van der Waals surface area (Å²) in [5, 5.41) is 1.12. The lowest BCUT2D eigenvalue weighted by molar-refractivity contribution is 0.596. The van der Waals surface area contributed by atoms with Crippen molar-refractivity contribution in [2.24, 2.45) is 11.7 Å². The first kappa shape index (κ1) is 13.2. The third-order valence-electron chi connectivity index (χ3n) is 2.61. The Hall–Kier alpha value is -0.230. The standard InChI is InChI=1S/C12H15BrN2S2/c1-7(6-14)5-10-8(2)15-12(17-10)9-3-4-11(13)16-9/h3-4,7H,5-6,14H2,1-2H3. The van der Waals surface area contributed by atoms with E-state index in [1.54, 1.807) is 22.7 Å². The van der Waals surface area contributed by atoms with Crippen LogP contribution in [0.25, 0.3) is 9.88 Å². The Kier molecular flexibility index (Phi) is 4.36. The normalized spacial score (nSPS) is 12.9. The van der Waals surface area contributed by atoms with Gasteiger partial charge in [-0.25, -0.2) is 4.98 Å². The first-order valence-corrected chi connectivity index (χ1v) is 7.95. The van der Waals surface area contributed by atoms with Crippen LogP contribution in [-0.2, 0) is 6.42 Å². The van der Waals surface area contributed by atoms with E-state index in [1.807, 2.05) is 0 Å². The molecule has 2 heterocycles. The fourth-order valence-electron chi connectivity index (χ4n) is 1.55. The van der Waals surface area contributed by atoms with Gasteiger partial charge in [-0.05, 0) is 53.9 Å². The summed E-state index contributed by atoms with van der Waals surface area (Å²) < 4.78 is 1.15. The van der Waals surface area contributed by atoms with Crippen LogP contribution in [0.5, 0.6) is 0 Å². The van der Waals surface area contributed by atoms with Crippen molar-refractivity contribution in [3.63, 3.8) is 0 Å². The minimum Gasteiger partial charge on any atom is -0.330 e. The predicted molar refractivity (Wildman–Crippen MR) is 79.8 cm³/mol. The van der Waals surface area contributed by atoms with Gasteiger partial charge in [-0.2, -0.15) is 0 Å². The molecule has 0 saturated carbocycles. The van der Waals surface area contributed by atoms with Crippen LogP contribution in [0.1, 0.15) is 17.5 Å². The lowest BCUT2D eigenvalue weighted by atomic mass is 10.1. The molecule has 0 aromatic carbocycles. The maximum atomic E-state index is 5.67. The average Bonchev–Trinajstić information content (AvgIpc) is 2.86. The molecule has 0 aliphatic rings. The molecule has 0 aliphatic carbocycles. The van der Waals surface area contributed by atoms with E-state index in [1.165, 1.54) is 9.75 Å². The molecular formula is C12H15BrN2S2. The zero-order chi connectivity index (χ0) is 12.4. The molecule has 2 rings (SSSR count). The number of thiazole rings is 1. The highest BCUT2D eigenvalue weighted by atomic mass is 79.9. The van der Waals surface area contributed by atoms with E-state index in [-0.39, 0.29) is 0 Å². The summed E-state index contributed by atoms with van der Waals surface area (Å²) in [5.41, 5.74) is 6.82. The molecule has 17 heavy (non-hydrogen) atoms. The van der Waals surface area contributed by atoms with Crippen molar-refractivity contribution in [2.75, 3.05) is 6.54 Å². The number of aryl methyl sites for hydroxylation is 1. The highest BCUT2D eigenvalue weighted by Gasteiger charge is 2.13. The van der Waals surface area contributed by atoms with Gasteiger partial charge in [-0.15, -0.1) is 22.7 Å². The van der Waals surface area contributed by atoms with Gasteiger partial charge in [-0.1, -0.05) is 6.92 Å². The lowest BCUT2D eigenvalue weighted by Crippen LogP contribution is -2.12. The minimum absolute atomic E-state index is 0.525. The van der Waals surface area contributed by atoms with Gasteiger partial charge in [0.05, 0.1) is 14.4 Å². The topological polar surface area (TPSA) is 38.9 Å². The summed E-state index contributed by atoms with van der Waals surface area (Å²) in [6.45, 7) is 5.00. The Labute approximate surface area is 118 Å². The molecule has 1 atom stereocenters. The highest BCUT2D eigenvalue weighted by molar-refractivity contribution is 9.11. The first-order chi connectivity index (χ1) is 8.10. The first-order valence-electron chi connectivity index (χ1n) is 5.52. The Morgan fingerprint density at radius 3 is 2.76 bits per heavy atom. The Morgan fingerprint density at radius 2 is 2.18 bits per heavy atom. The molecule has 2 N–H and O–H groups in total. The summed E-state index contributed by atoms with van der Waals surface area (Å²) in [7, 11) is 0. The Bertz CT molecular complexity index is 504. The van der Waals surface area contributed by atoms with Gasteiger partial charge in [0, 0.05) is 4.88 Å².